The summed E-state index contributed by atoms with van der Waals surface area (Å²) in [6.07, 6.45) is 6.86. The molecule has 0 fully saturated rings. The molecule has 0 radical (unpaired) electrons. The van der Waals surface area contributed by atoms with Gasteiger partial charge < -0.3 is 4.90 Å². The van der Waals surface area contributed by atoms with Crippen LogP contribution in [0.2, 0.25) is 0 Å². The first kappa shape index (κ1) is 8.33. The molecule has 0 saturated heterocycles. The maximum atomic E-state index is 11.7. The molecule has 13 heavy (non-hydrogen) atoms. The molecule has 0 aromatic rings. The Balaban J connectivity index is 2.45. The van der Waals surface area contributed by atoms with E-state index in [4.69, 9.17) is 0 Å². The molecule has 68 valence electrons. The van der Waals surface area contributed by atoms with E-state index in [-0.39, 0.29) is 17.9 Å². The second-order valence-electron chi connectivity index (χ2n) is 3.72. The highest BCUT2D eigenvalue weighted by atomic mass is 16.2. The van der Waals surface area contributed by atoms with Crippen LogP contribution in [-0.4, -0.2) is 23.9 Å². The quantitative estimate of drug-likeness (QED) is 0.403. The predicted molar refractivity (Wildman–Crippen MR) is 51.1 cm³/mol. The lowest BCUT2D eigenvalue weighted by molar-refractivity contribution is -0.133. The first-order valence-corrected chi connectivity index (χ1v) is 4.56. The molecule has 2 atom stereocenters. The van der Waals surface area contributed by atoms with Gasteiger partial charge in [-0.3, -0.25) is 4.79 Å². The average molecular weight is 175 g/mol. The molecule has 2 bridgehead atoms. The van der Waals surface area contributed by atoms with Crippen LogP contribution in [0.5, 0.6) is 0 Å². The van der Waals surface area contributed by atoms with E-state index in [2.05, 4.69) is 18.7 Å². The fourth-order valence-corrected chi connectivity index (χ4v) is 1.79. The van der Waals surface area contributed by atoms with E-state index in [1.807, 2.05) is 24.1 Å². The topological polar surface area (TPSA) is 20.3 Å². The van der Waals surface area contributed by atoms with Crippen LogP contribution in [0.4, 0.5) is 0 Å². The van der Waals surface area contributed by atoms with Gasteiger partial charge >= 0.3 is 0 Å². The summed E-state index contributed by atoms with van der Waals surface area (Å²) in [6.45, 7) is 2.06. The third kappa shape index (κ3) is 1.34. The summed E-state index contributed by atoms with van der Waals surface area (Å²) in [4.78, 5) is 13.5. The summed E-state index contributed by atoms with van der Waals surface area (Å²) in [6, 6.07) is 0.241. The van der Waals surface area contributed by atoms with Crippen molar-refractivity contribution in [2.45, 2.75) is 19.4 Å². The normalized spacial score (nSPS) is 31.7. The Labute approximate surface area is 78.2 Å². The van der Waals surface area contributed by atoms with Gasteiger partial charge in [0.05, 0.1) is 12.0 Å². The van der Waals surface area contributed by atoms with Gasteiger partial charge in [0.2, 0.25) is 5.91 Å². The lowest BCUT2D eigenvalue weighted by atomic mass is 9.93. The largest absolute Gasteiger partial charge is 0.338 e. The van der Waals surface area contributed by atoms with E-state index in [1.54, 1.807) is 0 Å². The molecular weight excluding hydrogens is 162 g/mol. The SMILES string of the molecule is CC1=C=CC2C=CC(C1)N(C)C2=O. The van der Waals surface area contributed by atoms with E-state index < -0.39 is 0 Å². The highest BCUT2D eigenvalue weighted by molar-refractivity contribution is 5.84. The maximum Gasteiger partial charge on any atom is 0.234 e. The number of likely N-dealkylation sites (N-methyl/N-ethyl adjacent to an activating group) is 1. The lowest BCUT2D eigenvalue weighted by Gasteiger charge is -2.32. The highest BCUT2D eigenvalue weighted by Crippen LogP contribution is 2.22. The van der Waals surface area contributed by atoms with Crippen LogP contribution in [0.1, 0.15) is 13.3 Å². The van der Waals surface area contributed by atoms with Gasteiger partial charge in [-0.25, -0.2) is 0 Å². The van der Waals surface area contributed by atoms with Crippen LogP contribution in [0.3, 0.4) is 0 Å². The summed E-state index contributed by atoms with van der Waals surface area (Å²) in [5, 5.41) is 0. The third-order valence-electron chi connectivity index (χ3n) is 2.70. The zero-order valence-corrected chi connectivity index (χ0v) is 7.95. The van der Waals surface area contributed by atoms with Gasteiger partial charge in [0, 0.05) is 7.05 Å². The van der Waals surface area contributed by atoms with Crippen molar-refractivity contribution in [3.05, 3.63) is 29.5 Å². The third-order valence-corrected chi connectivity index (χ3v) is 2.70. The Morgan fingerprint density at radius 1 is 1.54 bits per heavy atom. The van der Waals surface area contributed by atoms with Gasteiger partial charge in [-0.1, -0.05) is 12.2 Å². The van der Waals surface area contributed by atoms with Gasteiger partial charge in [-0.15, -0.1) is 5.73 Å². The first-order chi connectivity index (χ1) is 6.18. The molecule has 2 nitrogen and oxygen atoms in total. The molecule has 2 unspecified atom stereocenters. The Morgan fingerprint density at radius 3 is 3.08 bits per heavy atom. The summed E-state index contributed by atoms with van der Waals surface area (Å²) in [5.41, 5.74) is 4.38. The fourth-order valence-electron chi connectivity index (χ4n) is 1.79. The molecule has 3 aliphatic rings. The Bertz CT molecular complexity index is 332. The zero-order chi connectivity index (χ0) is 9.42. The average Bonchev–Trinajstić information content (AvgIpc) is 2.08. The number of amides is 1. The number of carbonyl (C=O) groups excluding carboxylic acids is 1. The predicted octanol–water partition coefficient (Wildman–Crippen LogP) is 1.50. The lowest BCUT2D eigenvalue weighted by Crippen LogP contribution is -2.42. The van der Waals surface area contributed by atoms with Gasteiger partial charge in [0.25, 0.3) is 0 Å². The highest BCUT2D eigenvalue weighted by Gasteiger charge is 2.28. The molecule has 0 N–H and O–H groups in total. The van der Waals surface area contributed by atoms with Crippen LogP contribution in [0, 0.1) is 5.92 Å². The van der Waals surface area contributed by atoms with Gasteiger partial charge in [0.1, 0.15) is 0 Å². The van der Waals surface area contributed by atoms with Gasteiger partial charge in [-0.05, 0) is 25.0 Å². The van der Waals surface area contributed by atoms with E-state index >= 15 is 0 Å². The second kappa shape index (κ2) is 2.90. The molecule has 2 aliphatic heterocycles. The van der Waals surface area contributed by atoms with E-state index in [0.29, 0.717) is 0 Å². The van der Waals surface area contributed by atoms with Crippen molar-refractivity contribution in [1.82, 2.24) is 4.90 Å². The van der Waals surface area contributed by atoms with Crippen molar-refractivity contribution in [2.75, 3.05) is 7.05 Å². The van der Waals surface area contributed by atoms with Gasteiger partial charge in [-0.2, -0.15) is 0 Å². The number of hydrogen-bond acceptors (Lipinski definition) is 1. The number of rotatable bonds is 0. The number of fused-ring (bicyclic) bond motifs is 2. The van der Waals surface area contributed by atoms with Crippen molar-refractivity contribution in [1.29, 1.82) is 0 Å². The Kier molecular flexibility index (Phi) is 1.86. The minimum Gasteiger partial charge on any atom is -0.338 e. The molecular formula is C11H13NO. The minimum absolute atomic E-state index is 0.0866. The van der Waals surface area contributed by atoms with Crippen molar-refractivity contribution < 1.29 is 4.79 Å². The van der Waals surface area contributed by atoms with E-state index in [0.717, 1.165) is 6.42 Å². The smallest absolute Gasteiger partial charge is 0.234 e. The zero-order valence-electron chi connectivity index (χ0n) is 7.95. The molecule has 2 heterocycles. The molecule has 1 aliphatic carbocycles. The first-order valence-electron chi connectivity index (χ1n) is 4.56. The molecule has 0 aromatic heterocycles. The van der Waals surface area contributed by atoms with Crippen LogP contribution in [0.15, 0.2) is 29.5 Å². The summed E-state index contributed by atoms with van der Waals surface area (Å²) in [5.74, 6) is 0.101. The van der Waals surface area contributed by atoms with Crippen LogP contribution in [0.25, 0.3) is 0 Å². The second-order valence-corrected chi connectivity index (χ2v) is 3.72. The standard InChI is InChI=1S/C11H13NO/c1-8-3-4-9-5-6-10(7-8)12(2)11(9)13/h4-6,9-10H,7H2,1-2H3. The van der Waals surface area contributed by atoms with Crippen LogP contribution < -0.4 is 0 Å². The number of hydrogen-bond donors (Lipinski definition) is 0. The number of carbonyl (C=O) groups is 1. The van der Waals surface area contributed by atoms with Crippen molar-refractivity contribution in [2.24, 2.45) is 5.92 Å². The van der Waals surface area contributed by atoms with Crippen molar-refractivity contribution in [3.8, 4) is 0 Å². The Morgan fingerprint density at radius 2 is 2.31 bits per heavy atom. The molecule has 2 heteroatoms. The molecule has 0 saturated carbocycles. The molecule has 1 amide bonds. The Hall–Kier alpha value is -1.27. The van der Waals surface area contributed by atoms with E-state index in [1.165, 1.54) is 5.57 Å². The van der Waals surface area contributed by atoms with Gasteiger partial charge in [0.15, 0.2) is 0 Å². The fraction of sp³-hybridized carbons (Fsp3) is 0.455. The molecule has 0 aromatic carbocycles. The van der Waals surface area contributed by atoms with Crippen LogP contribution in [-0.2, 0) is 4.79 Å². The minimum atomic E-state index is -0.0866. The van der Waals surface area contributed by atoms with Crippen LogP contribution >= 0.6 is 0 Å². The van der Waals surface area contributed by atoms with Crippen molar-refractivity contribution >= 4 is 5.91 Å². The monoisotopic (exact) mass is 175 g/mol. The maximum absolute atomic E-state index is 11.7. The molecule has 3 rings (SSSR count). The summed E-state index contributed by atoms with van der Waals surface area (Å²) >= 11 is 0. The number of nitrogens with zero attached hydrogens (tertiary/aromatic N) is 1. The summed E-state index contributed by atoms with van der Waals surface area (Å²) in [7, 11) is 1.87. The summed E-state index contributed by atoms with van der Waals surface area (Å²) < 4.78 is 0. The van der Waals surface area contributed by atoms with Crippen molar-refractivity contribution in [3.63, 3.8) is 0 Å². The van der Waals surface area contributed by atoms with E-state index in [9.17, 15) is 4.79 Å². The molecule has 0 spiro atoms.